The van der Waals surface area contributed by atoms with Crippen molar-refractivity contribution in [3.05, 3.63) is 55.2 Å². The van der Waals surface area contributed by atoms with Crippen molar-refractivity contribution >= 4 is 56.6 Å². The molecule has 2 rings (SSSR count). The van der Waals surface area contributed by atoms with Gasteiger partial charge < -0.3 is 10.5 Å². The van der Waals surface area contributed by atoms with E-state index in [1.54, 1.807) is 0 Å². The van der Waals surface area contributed by atoms with Gasteiger partial charge >= 0.3 is 0 Å². The highest BCUT2D eigenvalue weighted by molar-refractivity contribution is 9.10. The van der Waals surface area contributed by atoms with E-state index in [9.17, 15) is 4.39 Å². The van der Waals surface area contributed by atoms with Gasteiger partial charge in [0.05, 0.1) is 19.5 Å². The Morgan fingerprint density at radius 1 is 1.10 bits per heavy atom. The quantitative estimate of drug-likeness (QED) is 0.390. The van der Waals surface area contributed by atoms with Gasteiger partial charge in [-0.05, 0) is 34.1 Å². The molecular formula is C13H7BrCl3FN2O. The second-order valence-electron chi connectivity index (χ2n) is 3.95. The van der Waals surface area contributed by atoms with Crippen LogP contribution >= 0.6 is 50.7 Å². The molecular weight excluding hydrogens is 405 g/mol. The molecule has 0 radical (unpaired) electrons. The van der Waals surface area contributed by atoms with E-state index >= 15 is 0 Å². The number of amidine groups is 1. The van der Waals surface area contributed by atoms with Crippen molar-refractivity contribution < 1.29 is 9.13 Å². The van der Waals surface area contributed by atoms with Crippen molar-refractivity contribution in [2.24, 2.45) is 5.73 Å². The lowest BCUT2D eigenvalue weighted by atomic mass is 10.2. The van der Waals surface area contributed by atoms with Crippen LogP contribution < -0.4 is 10.5 Å². The van der Waals surface area contributed by atoms with Gasteiger partial charge in [-0.1, -0.05) is 34.8 Å². The minimum Gasteiger partial charge on any atom is -0.453 e. The van der Waals surface area contributed by atoms with Crippen LogP contribution in [0.1, 0.15) is 5.56 Å². The third-order valence-electron chi connectivity index (χ3n) is 2.53. The standard InChI is InChI=1S/C13H7BrCl3FN2O/c14-11-5(13(19)20)1-2-9(12(11)18)21-10-4-7(16)6(15)3-8(10)17/h1-4H,(H3,19,20). The zero-order valence-electron chi connectivity index (χ0n) is 10.2. The molecule has 0 spiro atoms. The van der Waals surface area contributed by atoms with Gasteiger partial charge in [0.1, 0.15) is 11.6 Å². The van der Waals surface area contributed by atoms with Crippen LogP contribution in [-0.2, 0) is 0 Å². The van der Waals surface area contributed by atoms with Crippen LogP contribution in [0.5, 0.6) is 11.5 Å². The minimum atomic E-state index is -0.704. The molecule has 0 heterocycles. The molecule has 0 aromatic heterocycles. The third kappa shape index (κ3) is 3.43. The first kappa shape index (κ1) is 16.4. The second-order valence-corrected chi connectivity index (χ2v) is 5.97. The Labute approximate surface area is 143 Å². The summed E-state index contributed by atoms with van der Waals surface area (Å²) in [6.07, 6.45) is 0. The molecule has 0 aliphatic carbocycles. The van der Waals surface area contributed by atoms with E-state index in [4.69, 9.17) is 50.7 Å². The smallest absolute Gasteiger partial charge is 0.180 e. The molecule has 0 amide bonds. The first-order chi connectivity index (χ1) is 9.81. The number of benzene rings is 2. The average molecular weight is 412 g/mol. The number of rotatable bonds is 3. The fourth-order valence-corrected chi connectivity index (χ4v) is 2.64. The second kappa shape index (κ2) is 6.40. The zero-order valence-corrected chi connectivity index (χ0v) is 14.0. The molecule has 110 valence electrons. The van der Waals surface area contributed by atoms with Crippen LogP contribution in [-0.4, -0.2) is 5.84 Å². The van der Waals surface area contributed by atoms with Gasteiger partial charge in [0.15, 0.2) is 11.6 Å². The summed E-state index contributed by atoms with van der Waals surface area (Å²) in [5.41, 5.74) is 5.56. The Hall–Kier alpha value is -1.01. The molecule has 2 aromatic rings. The average Bonchev–Trinajstić information content (AvgIpc) is 2.40. The maximum atomic E-state index is 14.2. The molecule has 3 N–H and O–H groups in total. The van der Waals surface area contributed by atoms with Crippen molar-refractivity contribution in [3.63, 3.8) is 0 Å². The van der Waals surface area contributed by atoms with Gasteiger partial charge in [-0.15, -0.1) is 0 Å². The maximum absolute atomic E-state index is 14.2. The molecule has 0 saturated carbocycles. The number of hydrogen-bond acceptors (Lipinski definition) is 2. The highest BCUT2D eigenvalue weighted by atomic mass is 79.9. The number of nitrogens with one attached hydrogen (secondary N) is 1. The number of hydrogen-bond donors (Lipinski definition) is 2. The van der Waals surface area contributed by atoms with Crippen LogP contribution in [0.25, 0.3) is 0 Å². The van der Waals surface area contributed by atoms with Gasteiger partial charge in [0.25, 0.3) is 0 Å². The summed E-state index contributed by atoms with van der Waals surface area (Å²) in [7, 11) is 0. The number of halogens is 5. The number of nitrogens with two attached hydrogens (primary N) is 1. The molecule has 0 unspecified atom stereocenters. The topological polar surface area (TPSA) is 59.1 Å². The predicted octanol–water partition coefficient (Wildman–Crippen LogP) is 5.62. The molecule has 0 fully saturated rings. The molecule has 0 aliphatic heterocycles. The van der Waals surface area contributed by atoms with Crippen LogP contribution in [0.2, 0.25) is 15.1 Å². The Balaban J connectivity index is 2.43. The van der Waals surface area contributed by atoms with E-state index in [2.05, 4.69) is 15.9 Å². The Morgan fingerprint density at radius 3 is 2.33 bits per heavy atom. The largest absolute Gasteiger partial charge is 0.453 e. The molecule has 0 saturated heterocycles. The summed E-state index contributed by atoms with van der Waals surface area (Å²) in [6, 6.07) is 5.59. The maximum Gasteiger partial charge on any atom is 0.180 e. The van der Waals surface area contributed by atoms with Crippen molar-refractivity contribution in [2.75, 3.05) is 0 Å². The van der Waals surface area contributed by atoms with Gasteiger partial charge in [0, 0.05) is 11.6 Å². The Kier molecular flexibility index (Phi) is 4.99. The van der Waals surface area contributed by atoms with E-state index in [0.29, 0.717) is 0 Å². The van der Waals surface area contributed by atoms with Crippen molar-refractivity contribution in [1.29, 1.82) is 5.41 Å². The molecule has 21 heavy (non-hydrogen) atoms. The van der Waals surface area contributed by atoms with Crippen LogP contribution in [0.15, 0.2) is 28.7 Å². The minimum absolute atomic E-state index is 0.0312. The lowest BCUT2D eigenvalue weighted by Crippen LogP contribution is -2.12. The van der Waals surface area contributed by atoms with E-state index < -0.39 is 5.82 Å². The predicted molar refractivity (Wildman–Crippen MR) is 86.7 cm³/mol. The summed E-state index contributed by atoms with van der Waals surface area (Å²) in [4.78, 5) is 0. The van der Waals surface area contributed by atoms with Crippen molar-refractivity contribution in [1.82, 2.24) is 0 Å². The van der Waals surface area contributed by atoms with Crippen molar-refractivity contribution in [3.8, 4) is 11.5 Å². The molecule has 3 nitrogen and oxygen atoms in total. The lowest BCUT2D eigenvalue weighted by molar-refractivity contribution is 0.440. The normalized spacial score (nSPS) is 10.5. The van der Waals surface area contributed by atoms with E-state index in [0.717, 1.165) is 0 Å². The van der Waals surface area contributed by atoms with Gasteiger partial charge in [-0.3, -0.25) is 5.41 Å². The first-order valence-electron chi connectivity index (χ1n) is 5.46. The SMILES string of the molecule is N=C(N)c1ccc(Oc2cc(Cl)c(Cl)cc2Cl)c(F)c1Br. The van der Waals surface area contributed by atoms with Gasteiger partial charge in [0.2, 0.25) is 0 Å². The summed E-state index contributed by atoms with van der Waals surface area (Å²) in [5.74, 6) is -0.899. The fourth-order valence-electron chi connectivity index (χ4n) is 1.52. The Morgan fingerprint density at radius 2 is 1.71 bits per heavy atom. The van der Waals surface area contributed by atoms with Gasteiger partial charge in [-0.25, -0.2) is 4.39 Å². The van der Waals surface area contributed by atoms with Crippen LogP contribution in [0, 0.1) is 11.2 Å². The summed E-state index contributed by atoms with van der Waals surface area (Å²) < 4.78 is 19.6. The van der Waals surface area contributed by atoms with Crippen LogP contribution in [0.4, 0.5) is 4.39 Å². The van der Waals surface area contributed by atoms with Crippen LogP contribution in [0.3, 0.4) is 0 Å². The highest BCUT2D eigenvalue weighted by Gasteiger charge is 2.16. The summed E-state index contributed by atoms with van der Waals surface area (Å²) >= 11 is 20.7. The highest BCUT2D eigenvalue weighted by Crippen LogP contribution is 2.38. The first-order valence-corrected chi connectivity index (χ1v) is 7.38. The number of ether oxygens (including phenoxy) is 1. The fraction of sp³-hybridized carbons (Fsp3) is 0. The molecule has 8 heteroatoms. The van der Waals surface area contributed by atoms with E-state index in [-0.39, 0.29) is 42.4 Å². The lowest BCUT2D eigenvalue weighted by Gasteiger charge is -2.12. The molecule has 0 bridgehead atoms. The van der Waals surface area contributed by atoms with E-state index in [1.807, 2.05) is 0 Å². The third-order valence-corrected chi connectivity index (χ3v) is 4.32. The Bertz CT molecular complexity index is 740. The molecule has 0 aliphatic rings. The monoisotopic (exact) mass is 410 g/mol. The summed E-state index contributed by atoms with van der Waals surface area (Å²) in [5, 5.41) is 8.03. The van der Waals surface area contributed by atoms with Gasteiger partial charge in [-0.2, -0.15) is 0 Å². The molecule has 0 atom stereocenters. The molecule has 2 aromatic carbocycles. The summed E-state index contributed by atoms with van der Waals surface area (Å²) in [6.45, 7) is 0. The zero-order chi connectivity index (χ0) is 15.7. The number of nitrogen functional groups attached to an aromatic ring is 1. The van der Waals surface area contributed by atoms with Crippen molar-refractivity contribution in [2.45, 2.75) is 0 Å². The van der Waals surface area contributed by atoms with E-state index in [1.165, 1.54) is 24.3 Å².